The molecule has 0 radical (unpaired) electrons. The molecule has 0 unspecified atom stereocenters. The van der Waals surface area contributed by atoms with Gasteiger partial charge in [-0.1, -0.05) is 6.07 Å². The minimum absolute atomic E-state index is 0.0633. The molecule has 1 heterocycles. The second-order valence-corrected chi connectivity index (χ2v) is 4.50. The summed E-state index contributed by atoms with van der Waals surface area (Å²) in [5.74, 6) is 0. The van der Waals surface area contributed by atoms with E-state index in [0.717, 1.165) is 5.69 Å². The molecule has 0 spiro atoms. The van der Waals surface area contributed by atoms with E-state index < -0.39 is 4.92 Å². The van der Waals surface area contributed by atoms with E-state index >= 15 is 0 Å². The first-order valence-electron chi connectivity index (χ1n) is 4.97. The molecule has 0 saturated carbocycles. The lowest BCUT2D eigenvalue weighted by molar-refractivity contribution is -0.383. The zero-order chi connectivity index (χ0) is 12.3. The SMILES string of the molecule is Nc1cc(NCc2cccs2)ccc1[N+](=O)[O-]. The number of anilines is 2. The summed E-state index contributed by atoms with van der Waals surface area (Å²) in [7, 11) is 0. The van der Waals surface area contributed by atoms with E-state index in [4.69, 9.17) is 5.73 Å². The number of benzene rings is 1. The molecular formula is C11H11N3O2S. The Labute approximate surface area is 102 Å². The van der Waals surface area contributed by atoms with Gasteiger partial charge in [-0.15, -0.1) is 11.3 Å². The standard InChI is InChI=1S/C11H11N3O2S/c12-10-6-8(3-4-11(10)14(15)16)13-7-9-2-1-5-17-9/h1-6,13H,7,12H2. The van der Waals surface area contributed by atoms with E-state index in [1.807, 2.05) is 17.5 Å². The van der Waals surface area contributed by atoms with Crippen LogP contribution in [-0.4, -0.2) is 4.92 Å². The van der Waals surface area contributed by atoms with Crippen LogP contribution in [0.1, 0.15) is 4.88 Å². The molecule has 0 aliphatic carbocycles. The van der Waals surface area contributed by atoms with Gasteiger partial charge in [-0.05, 0) is 23.6 Å². The molecule has 0 aliphatic rings. The van der Waals surface area contributed by atoms with E-state index in [1.54, 1.807) is 23.5 Å². The Morgan fingerprint density at radius 1 is 1.41 bits per heavy atom. The number of nitro benzene ring substituents is 1. The lowest BCUT2D eigenvalue weighted by Gasteiger charge is -2.05. The molecule has 0 fully saturated rings. The van der Waals surface area contributed by atoms with Gasteiger partial charge in [-0.3, -0.25) is 10.1 Å². The van der Waals surface area contributed by atoms with E-state index in [0.29, 0.717) is 6.54 Å². The lowest BCUT2D eigenvalue weighted by atomic mass is 10.2. The smallest absolute Gasteiger partial charge is 0.292 e. The highest BCUT2D eigenvalue weighted by atomic mass is 32.1. The lowest BCUT2D eigenvalue weighted by Crippen LogP contribution is -2.00. The van der Waals surface area contributed by atoms with E-state index in [2.05, 4.69) is 5.32 Å². The Balaban J connectivity index is 2.07. The van der Waals surface area contributed by atoms with Crippen LogP contribution < -0.4 is 11.1 Å². The normalized spacial score (nSPS) is 10.1. The number of nitro groups is 1. The zero-order valence-electron chi connectivity index (χ0n) is 8.92. The number of hydrogen-bond donors (Lipinski definition) is 2. The molecule has 0 amide bonds. The zero-order valence-corrected chi connectivity index (χ0v) is 9.74. The average Bonchev–Trinajstić information content (AvgIpc) is 2.78. The predicted octanol–water partition coefficient (Wildman–Crippen LogP) is 2.85. The fraction of sp³-hybridized carbons (Fsp3) is 0.0909. The van der Waals surface area contributed by atoms with Gasteiger partial charge < -0.3 is 11.1 Å². The van der Waals surface area contributed by atoms with Crippen LogP contribution in [0.15, 0.2) is 35.7 Å². The topological polar surface area (TPSA) is 81.2 Å². The largest absolute Gasteiger partial charge is 0.393 e. The van der Waals surface area contributed by atoms with Crippen molar-refractivity contribution in [2.75, 3.05) is 11.1 Å². The minimum atomic E-state index is -0.488. The van der Waals surface area contributed by atoms with Gasteiger partial charge in [0.1, 0.15) is 5.69 Å². The maximum Gasteiger partial charge on any atom is 0.292 e. The summed E-state index contributed by atoms with van der Waals surface area (Å²) in [4.78, 5) is 11.3. The van der Waals surface area contributed by atoms with Gasteiger partial charge in [0.15, 0.2) is 0 Å². The number of nitrogens with zero attached hydrogens (tertiary/aromatic N) is 1. The Kier molecular flexibility index (Phi) is 3.24. The van der Waals surface area contributed by atoms with Crippen molar-refractivity contribution in [1.82, 2.24) is 0 Å². The van der Waals surface area contributed by atoms with Crippen LogP contribution >= 0.6 is 11.3 Å². The highest BCUT2D eigenvalue weighted by Gasteiger charge is 2.10. The van der Waals surface area contributed by atoms with Gasteiger partial charge >= 0.3 is 0 Å². The Morgan fingerprint density at radius 3 is 2.82 bits per heavy atom. The highest BCUT2D eigenvalue weighted by Crippen LogP contribution is 2.25. The van der Waals surface area contributed by atoms with Crippen LogP contribution in [0.25, 0.3) is 0 Å². The van der Waals surface area contributed by atoms with Gasteiger partial charge in [0.2, 0.25) is 0 Å². The number of hydrogen-bond acceptors (Lipinski definition) is 5. The maximum atomic E-state index is 10.6. The molecule has 0 aliphatic heterocycles. The van der Waals surface area contributed by atoms with Crippen molar-refractivity contribution < 1.29 is 4.92 Å². The monoisotopic (exact) mass is 249 g/mol. The quantitative estimate of drug-likeness (QED) is 0.496. The van der Waals surface area contributed by atoms with E-state index in [9.17, 15) is 10.1 Å². The van der Waals surface area contributed by atoms with Crippen LogP contribution in [-0.2, 0) is 6.54 Å². The first-order valence-corrected chi connectivity index (χ1v) is 5.85. The fourth-order valence-corrected chi connectivity index (χ4v) is 2.08. The molecule has 0 atom stereocenters. The second kappa shape index (κ2) is 4.84. The first-order chi connectivity index (χ1) is 8.16. The second-order valence-electron chi connectivity index (χ2n) is 3.46. The van der Waals surface area contributed by atoms with E-state index in [1.165, 1.54) is 10.9 Å². The molecule has 2 rings (SSSR count). The Hall–Kier alpha value is -2.08. The fourth-order valence-electron chi connectivity index (χ4n) is 1.43. The molecule has 17 heavy (non-hydrogen) atoms. The van der Waals surface area contributed by atoms with Crippen molar-refractivity contribution in [3.63, 3.8) is 0 Å². The van der Waals surface area contributed by atoms with Crippen LogP contribution in [0.3, 0.4) is 0 Å². The van der Waals surface area contributed by atoms with Gasteiger partial charge in [0.05, 0.1) is 4.92 Å². The number of rotatable bonds is 4. The van der Waals surface area contributed by atoms with Crippen LogP contribution in [0.2, 0.25) is 0 Å². The summed E-state index contributed by atoms with van der Waals surface area (Å²) in [6.07, 6.45) is 0. The number of nitrogen functional groups attached to an aromatic ring is 1. The number of thiophene rings is 1. The Morgan fingerprint density at radius 2 is 2.24 bits per heavy atom. The molecule has 2 aromatic rings. The summed E-state index contributed by atoms with van der Waals surface area (Å²) in [6, 6.07) is 8.64. The third kappa shape index (κ3) is 2.73. The van der Waals surface area contributed by atoms with Crippen molar-refractivity contribution in [1.29, 1.82) is 0 Å². The van der Waals surface area contributed by atoms with E-state index in [-0.39, 0.29) is 11.4 Å². The molecule has 88 valence electrons. The maximum absolute atomic E-state index is 10.6. The van der Waals surface area contributed by atoms with Gasteiger partial charge in [0.25, 0.3) is 5.69 Å². The predicted molar refractivity (Wildman–Crippen MR) is 69.2 cm³/mol. The summed E-state index contributed by atoms with van der Waals surface area (Å²) < 4.78 is 0. The van der Waals surface area contributed by atoms with Gasteiger partial charge in [0, 0.05) is 23.2 Å². The van der Waals surface area contributed by atoms with Crippen LogP contribution in [0.5, 0.6) is 0 Å². The van der Waals surface area contributed by atoms with Crippen molar-refractivity contribution >= 4 is 28.4 Å². The Bertz CT molecular complexity index is 526. The highest BCUT2D eigenvalue weighted by molar-refractivity contribution is 7.09. The molecule has 1 aromatic heterocycles. The molecule has 1 aromatic carbocycles. The minimum Gasteiger partial charge on any atom is -0.393 e. The molecule has 0 bridgehead atoms. The van der Waals surface area contributed by atoms with Crippen LogP contribution in [0.4, 0.5) is 17.1 Å². The summed E-state index contributed by atoms with van der Waals surface area (Å²) in [5, 5.41) is 15.7. The first kappa shape index (κ1) is 11.4. The average molecular weight is 249 g/mol. The van der Waals surface area contributed by atoms with Crippen molar-refractivity contribution in [3.8, 4) is 0 Å². The molecule has 0 saturated heterocycles. The molecule has 5 nitrogen and oxygen atoms in total. The molecule has 6 heteroatoms. The van der Waals surface area contributed by atoms with Gasteiger partial charge in [-0.25, -0.2) is 0 Å². The van der Waals surface area contributed by atoms with Gasteiger partial charge in [-0.2, -0.15) is 0 Å². The summed E-state index contributed by atoms with van der Waals surface area (Å²) in [5.41, 5.74) is 6.48. The summed E-state index contributed by atoms with van der Waals surface area (Å²) in [6.45, 7) is 0.689. The molecule has 3 N–H and O–H groups in total. The van der Waals surface area contributed by atoms with Crippen molar-refractivity contribution in [2.24, 2.45) is 0 Å². The third-order valence-corrected chi connectivity index (χ3v) is 3.15. The van der Waals surface area contributed by atoms with Crippen LogP contribution in [0, 0.1) is 10.1 Å². The van der Waals surface area contributed by atoms with Crippen molar-refractivity contribution in [3.05, 3.63) is 50.7 Å². The number of nitrogens with one attached hydrogen (secondary N) is 1. The third-order valence-electron chi connectivity index (χ3n) is 2.27. The van der Waals surface area contributed by atoms with Crippen molar-refractivity contribution in [2.45, 2.75) is 6.54 Å². The summed E-state index contributed by atoms with van der Waals surface area (Å²) >= 11 is 1.65. The number of nitrogens with two attached hydrogens (primary N) is 1. The molecular weight excluding hydrogens is 238 g/mol.